The van der Waals surface area contributed by atoms with E-state index in [0.29, 0.717) is 5.56 Å². The minimum Gasteiger partial charge on any atom is -0.495 e. The van der Waals surface area contributed by atoms with E-state index in [1.54, 1.807) is 0 Å². The number of ketones is 1. The van der Waals surface area contributed by atoms with Crippen LogP contribution in [0.4, 0.5) is 5.69 Å². The van der Waals surface area contributed by atoms with Crippen LogP contribution in [0.2, 0.25) is 0 Å². The highest BCUT2D eigenvalue weighted by molar-refractivity contribution is 7.92. The van der Waals surface area contributed by atoms with Crippen LogP contribution in [0, 0.1) is 0 Å². The summed E-state index contributed by atoms with van der Waals surface area (Å²) in [5.41, 5.74) is 0.509. The molecular weight excluding hydrogens is 334 g/mol. The van der Waals surface area contributed by atoms with E-state index in [1.165, 1.54) is 50.4 Å². The number of aromatic carboxylic acids is 1. The van der Waals surface area contributed by atoms with Crippen LogP contribution in [0.25, 0.3) is 0 Å². The van der Waals surface area contributed by atoms with E-state index >= 15 is 0 Å². The smallest absolute Gasteiger partial charge is 0.335 e. The van der Waals surface area contributed by atoms with Gasteiger partial charge in [-0.15, -0.1) is 0 Å². The summed E-state index contributed by atoms with van der Waals surface area (Å²) in [6, 6.07) is 9.42. The van der Waals surface area contributed by atoms with Crippen molar-refractivity contribution in [2.75, 3.05) is 11.8 Å². The fourth-order valence-corrected chi connectivity index (χ4v) is 3.26. The second-order valence-electron chi connectivity index (χ2n) is 4.91. The standard InChI is InChI=1S/C16H15NO6S/c1-10(18)11-3-6-13(7-4-11)17-24(21,22)15-9-12(16(19)20)5-8-14(15)23-2/h3-9,17H,1-2H3,(H,19,20). The molecule has 126 valence electrons. The number of ether oxygens (including phenoxy) is 1. The van der Waals surface area contributed by atoms with E-state index in [1.807, 2.05) is 0 Å². The van der Waals surface area contributed by atoms with Gasteiger partial charge in [-0.2, -0.15) is 0 Å². The Balaban J connectivity index is 2.41. The summed E-state index contributed by atoms with van der Waals surface area (Å²) in [6.45, 7) is 1.40. The SMILES string of the molecule is COc1ccc(C(=O)O)cc1S(=O)(=O)Nc1ccc(C(C)=O)cc1. The first-order valence-corrected chi connectivity index (χ1v) is 8.28. The van der Waals surface area contributed by atoms with Crippen LogP contribution in [0.3, 0.4) is 0 Å². The first-order chi connectivity index (χ1) is 11.2. The molecule has 24 heavy (non-hydrogen) atoms. The van der Waals surface area contributed by atoms with Crippen molar-refractivity contribution in [2.45, 2.75) is 11.8 Å². The average molecular weight is 349 g/mol. The zero-order valence-electron chi connectivity index (χ0n) is 12.9. The summed E-state index contributed by atoms with van der Waals surface area (Å²) in [5, 5.41) is 9.02. The Kier molecular flexibility index (Phi) is 4.89. The summed E-state index contributed by atoms with van der Waals surface area (Å²) >= 11 is 0. The van der Waals surface area contributed by atoms with Crippen LogP contribution in [-0.4, -0.2) is 32.4 Å². The first kappa shape index (κ1) is 17.5. The van der Waals surface area contributed by atoms with Gasteiger partial charge in [0.05, 0.1) is 12.7 Å². The third kappa shape index (κ3) is 3.72. The van der Waals surface area contributed by atoms with Crippen molar-refractivity contribution in [3.8, 4) is 5.75 Å². The largest absolute Gasteiger partial charge is 0.495 e. The van der Waals surface area contributed by atoms with Crippen molar-refractivity contribution in [1.29, 1.82) is 0 Å². The van der Waals surface area contributed by atoms with Crippen molar-refractivity contribution in [3.05, 3.63) is 53.6 Å². The number of Topliss-reactive ketones (excluding diaryl/α,β-unsaturated/α-hetero) is 1. The van der Waals surface area contributed by atoms with Gasteiger partial charge in [0.1, 0.15) is 10.6 Å². The molecule has 8 heteroatoms. The predicted octanol–water partition coefficient (Wildman–Crippen LogP) is 2.40. The van der Waals surface area contributed by atoms with Gasteiger partial charge in [-0.3, -0.25) is 9.52 Å². The highest BCUT2D eigenvalue weighted by Crippen LogP contribution is 2.27. The molecule has 0 radical (unpaired) electrons. The molecule has 0 heterocycles. The van der Waals surface area contributed by atoms with E-state index in [0.717, 1.165) is 6.07 Å². The summed E-state index contributed by atoms with van der Waals surface area (Å²) < 4.78 is 32.4. The van der Waals surface area contributed by atoms with E-state index in [4.69, 9.17) is 9.84 Å². The molecule has 0 unspecified atom stereocenters. The number of carboxylic acid groups (broad SMARTS) is 1. The number of sulfonamides is 1. The zero-order chi connectivity index (χ0) is 17.9. The lowest BCUT2D eigenvalue weighted by Crippen LogP contribution is -2.15. The van der Waals surface area contributed by atoms with E-state index in [2.05, 4.69) is 4.72 Å². The van der Waals surface area contributed by atoms with Crippen molar-refractivity contribution >= 4 is 27.5 Å². The lowest BCUT2D eigenvalue weighted by molar-refractivity contribution is 0.0696. The maximum atomic E-state index is 12.5. The molecule has 0 amide bonds. The topological polar surface area (TPSA) is 110 Å². The summed E-state index contributed by atoms with van der Waals surface area (Å²) in [5.74, 6) is -1.37. The number of nitrogens with one attached hydrogen (secondary N) is 1. The van der Waals surface area contributed by atoms with Gasteiger partial charge < -0.3 is 9.84 Å². The second kappa shape index (κ2) is 6.71. The second-order valence-corrected chi connectivity index (χ2v) is 6.56. The zero-order valence-corrected chi connectivity index (χ0v) is 13.8. The van der Waals surface area contributed by atoms with E-state index < -0.39 is 16.0 Å². The monoisotopic (exact) mass is 349 g/mol. The van der Waals surface area contributed by atoms with Crippen LogP contribution in [0.5, 0.6) is 5.75 Å². The summed E-state index contributed by atoms with van der Waals surface area (Å²) in [6.07, 6.45) is 0. The van der Waals surface area contributed by atoms with Gasteiger partial charge in [0.15, 0.2) is 5.78 Å². The molecule has 2 N–H and O–H groups in total. The molecular formula is C16H15NO6S. The molecule has 2 aromatic rings. The van der Waals surface area contributed by atoms with Gasteiger partial charge in [0.25, 0.3) is 10.0 Å². The first-order valence-electron chi connectivity index (χ1n) is 6.80. The fourth-order valence-electron chi connectivity index (χ4n) is 2.00. The summed E-state index contributed by atoms with van der Waals surface area (Å²) in [4.78, 5) is 22.0. The van der Waals surface area contributed by atoms with Crippen molar-refractivity contribution in [3.63, 3.8) is 0 Å². The lowest BCUT2D eigenvalue weighted by Gasteiger charge is -2.12. The number of rotatable bonds is 6. The molecule has 0 aromatic heterocycles. The Labute approximate surface area is 138 Å². The fraction of sp³-hybridized carbons (Fsp3) is 0.125. The normalized spacial score (nSPS) is 10.9. The Hall–Kier alpha value is -2.87. The Morgan fingerprint density at radius 3 is 2.12 bits per heavy atom. The third-order valence-corrected chi connectivity index (χ3v) is 4.65. The molecule has 2 aromatic carbocycles. The molecule has 0 aliphatic rings. The number of anilines is 1. The summed E-state index contributed by atoms with van der Waals surface area (Å²) in [7, 11) is -2.78. The van der Waals surface area contributed by atoms with Crippen molar-refractivity contribution in [1.82, 2.24) is 0 Å². The maximum absolute atomic E-state index is 12.5. The Morgan fingerprint density at radius 2 is 1.62 bits per heavy atom. The van der Waals surface area contributed by atoms with Gasteiger partial charge in [0.2, 0.25) is 0 Å². The molecule has 0 saturated carbocycles. The molecule has 0 fully saturated rings. The number of hydrogen-bond donors (Lipinski definition) is 2. The van der Waals surface area contributed by atoms with Crippen LogP contribution in [0.1, 0.15) is 27.6 Å². The van der Waals surface area contributed by atoms with Gasteiger partial charge in [-0.1, -0.05) is 0 Å². The van der Waals surface area contributed by atoms with Crippen LogP contribution in [0.15, 0.2) is 47.4 Å². The molecule has 0 aliphatic heterocycles. The van der Waals surface area contributed by atoms with Crippen molar-refractivity contribution < 1.29 is 27.9 Å². The molecule has 0 aliphatic carbocycles. The van der Waals surface area contributed by atoms with E-state index in [-0.39, 0.29) is 27.7 Å². The highest BCUT2D eigenvalue weighted by Gasteiger charge is 2.22. The number of carbonyl (C=O) groups excluding carboxylic acids is 1. The van der Waals surface area contributed by atoms with E-state index in [9.17, 15) is 18.0 Å². The lowest BCUT2D eigenvalue weighted by atomic mass is 10.1. The van der Waals surface area contributed by atoms with Crippen LogP contribution >= 0.6 is 0 Å². The van der Waals surface area contributed by atoms with Gasteiger partial charge >= 0.3 is 5.97 Å². The molecule has 0 atom stereocenters. The molecule has 0 spiro atoms. The van der Waals surface area contributed by atoms with Gasteiger partial charge in [-0.05, 0) is 49.4 Å². The molecule has 7 nitrogen and oxygen atoms in total. The minimum atomic E-state index is -4.07. The number of benzene rings is 2. The number of hydrogen-bond acceptors (Lipinski definition) is 5. The quantitative estimate of drug-likeness (QED) is 0.775. The number of carbonyl (C=O) groups is 2. The van der Waals surface area contributed by atoms with Gasteiger partial charge in [0, 0.05) is 11.3 Å². The van der Waals surface area contributed by atoms with Gasteiger partial charge in [-0.25, -0.2) is 13.2 Å². The number of carboxylic acids is 1. The molecule has 0 saturated heterocycles. The van der Waals surface area contributed by atoms with Crippen molar-refractivity contribution in [2.24, 2.45) is 0 Å². The maximum Gasteiger partial charge on any atom is 0.335 e. The molecule has 0 bridgehead atoms. The predicted molar refractivity (Wildman–Crippen MR) is 87.2 cm³/mol. The third-order valence-electron chi connectivity index (χ3n) is 3.24. The Bertz CT molecular complexity index is 887. The molecule has 2 rings (SSSR count). The number of methoxy groups -OCH3 is 1. The minimum absolute atomic E-state index is 0.0212. The Morgan fingerprint density at radius 1 is 1.04 bits per heavy atom. The van der Waals surface area contributed by atoms with Crippen LogP contribution in [-0.2, 0) is 10.0 Å². The highest BCUT2D eigenvalue weighted by atomic mass is 32.2. The average Bonchev–Trinajstić information content (AvgIpc) is 2.54. The van der Waals surface area contributed by atoms with Crippen LogP contribution < -0.4 is 9.46 Å².